The van der Waals surface area contributed by atoms with Crippen molar-refractivity contribution in [1.29, 1.82) is 0 Å². The Bertz CT molecular complexity index is 788. The van der Waals surface area contributed by atoms with Gasteiger partial charge in [0.1, 0.15) is 17.4 Å². The number of primary amides is 1. The number of benzene rings is 2. The molecule has 1 fully saturated rings. The second-order valence-corrected chi connectivity index (χ2v) is 5.85. The first-order valence-electron chi connectivity index (χ1n) is 7.71. The highest BCUT2D eigenvalue weighted by atomic mass is 19.1. The predicted octanol–water partition coefficient (Wildman–Crippen LogP) is 2.57. The second-order valence-electron chi connectivity index (χ2n) is 5.85. The molecule has 1 aliphatic carbocycles. The third-order valence-corrected chi connectivity index (χ3v) is 4.00. The standard InChI is InChI=1S/C18H16F2N2O3/c19-14-2-1-3-15(20)17(14)12-8-13(12)18(24)22-10-4-6-11(7-5-10)25-9-16(21)23/h1-7,12-13H,8-9H2,(H2,21,23)(H,22,24)/t12-,13-/m0/s1. The van der Waals surface area contributed by atoms with Gasteiger partial charge in [0.2, 0.25) is 5.91 Å². The van der Waals surface area contributed by atoms with E-state index in [1.807, 2.05) is 0 Å². The Hall–Kier alpha value is -2.96. The van der Waals surface area contributed by atoms with Crippen LogP contribution in [0.25, 0.3) is 0 Å². The van der Waals surface area contributed by atoms with Crippen LogP contribution in [0.5, 0.6) is 5.75 Å². The van der Waals surface area contributed by atoms with Crippen molar-refractivity contribution in [3.8, 4) is 5.75 Å². The molecule has 0 radical (unpaired) electrons. The first-order valence-corrected chi connectivity index (χ1v) is 7.71. The van der Waals surface area contributed by atoms with Crippen LogP contribution in [0.1, 0.15) is 17.9 Å². The van der Waals surface area contributed by atoms with Crippen molar-refractivity contribution in [3.63, 3.8) is 0 Å². The number of hydrogen-bond donors (Lipinski definition) is 2. The van der Waals surface area contributed by atoms with E-state index >= 15 is 0 Å². The van der Waals surface area contributed by atoms with Gasteiger partial charge >= 0.3 is 0 Å². The molecule has 25 heavy (non-hydrogen) atoms. The van der Waals surface area contributed by atoms with E-state index in [1.54, 1.807) is 24.3 Å². The normalized spacial score (nSPS) is 18.5. The Labute approximate surface area is 142 Å². The molecule has 130 valence electrons. The smallest absolute Gasteiger partial charge is 0.255 e. The molecular weight excluding hydrogens is 330 g/mol. The van der Waals surface area contributed by atoms with Crippen molar-refractivity contribution in [2.75, 3.05) is 11.9 Å². The summed E-state index contributed by atoms with van der Waals surface area (Å²) < 4.78 is 32.6. The number of anilines is 1. The molecule has 0 heterocycles. The summed E-state index contributed by atoms with van der Waals surface area (Å²) in [6.45, 7) is -0.232. The van der Waals surface area contributed by atoms with Gasteiger partial charge < -0.3 is 15.8 Å². The molecule has 2 amide bonds. The van der Waals surface area contributed by atoms with E-state index in [-0.39, 0.29) is 18.1 Å². The number of carbonyl (C=O) groups excluding carboxylic acids is 2. The maximum Gasteiger partial charge on any atom is 0.255 e. The molecule has 2 aromatic rings. The molecule has 3 N–H and O–H groups in total. The summed E-state index contributed by atoms with van der Waals surface area (Å²) in [4.78, 5) is 22.9. The lowest BCUT2D eigenvalue weighted by Crippen LogP contribution is -2.20. The lowest BCUT2D eigenvalue weighted by Gasteiger charge is -2.08. The van der Waals surface area contributed by atoms with Crippen LogP contribution in [0.3, 0.4) is 0 Å². The first-order chi connectivity index (χ1) is 12.0. The SMILES string of the molecule is NC(=O)COc1ccc(NC(=O)[C@H]2C[C@@H]2c2c(F)cccc2F)cc1. The molecule has 5 nitrogen and oxygen atoms in total. The van der Waals surface area contributed by atoms with Crippen molar-refractivity contribution in [1.82, 2.24) is 0 Å². The average molecular weight is 346 g/mol. The van der Waals surface area contributed by atoms with Gasteiger partial charge in [-0.15, -0.1) is 0 Å². The molecule has 0 aliphatic heterocycles. The third-order valence-electron chi connectivity index (χ3n) is 4.00. The summed E-state index contributed by atoms with van der Waals surface area (Å²) in [7, 11) is 0. The van der Waals surface area contributed by atoms with Crippen LogP contribution < -0.4 is 15.8 Å². The molecular formula is C18H16F2N2O3. The Morgan fingerprint density at radius 3 is 2.36 bits per heavy atom. The Morgan fingerprint density at radius 1 is 1.12 bits per heavy atom. The fourth-order valence-corrected chi connectivity index (χ4v) is 2.69. The van der Waals surface area contributed by atoms with E-state index in [9.17, 15) is 18.4 Å². The summed E-state index contributed by atoms with van der Waals surface area (Å²) >= 11 is 0. The largest absolute Gasteiger partial charge is 0.484 e. The van der Waals surface area contributed by atoms with Crippen LogP contribution in [-0.4, -0.2) is 18.4 Å². The van der Waals surface area contributed by atoms with E-state index < -0.39 is 29.4 Å². The monoisotopic (exact) mass is 346 g/mol. The van der Waals surface area contributed by atoms with E-state index in [0.717, 1.165) is 0 Å². The lowest BCUT2D eigenvalue weighted by molar-refractivity contribution is -0.120. The van der Waals surface area contributed by atoms with E-state index in [2.05, 4.69) is 5.32 Å². The van der Waals surface area contributed by atoms with Crippen molar-refractivity contribution in [3.05, 3.63) is 59.7 Å². The van der Waals surface area contributed by atoms with Crippen molar-refractivity contribution >= 4 is 17.5 Å². The molecule has 2 atom stereocenters. The molecule has 0 bridgehead atoms. The van der Waals surface area contributed by atoms with E-state index in [4.69, 9.17) is 10.5 Å². The zero-order valence-corrected chi connectivity index (χ0v) is 13.2. The van der Waals surface area contributed by atoms with Gasteiger partial charge in [-0.2, -0.15) is 0 Å². The third kappa shape index (κ3) is 3.93. The van der Waals surface area contributed by atoms with Gasteiger partial charge in [0.05, 0.1) is 0 Å². The maximum atomic E-state index is 13.8. The minimum Gasteiger partial charge on any atom is -0.484 e. The Kier molecular flexibility index (Phi) is 4.65. The fraction of sp³-hybridized carbons (Fsp3) is 0.222. The van der Waals surface area contributed by atoms with Crippen LogP contribution in [0.2, 0.25) is 0 Å². The number of rotatable bonds is 6. The summed E-state index contributed by atoms with van der Waals surface area (Å²) in [5, 5.41) is 2.70. The molecule has 1 saturated carbocycles. The minimum atomic E-state index is -0.628. The number of amides is 2. The Morgan fingerprint density at radius 2 is 1.76 bits per heavy atom. The van der Waals surface area contributed by atoms with E-state index in [0.29, 0.717) is 17.9 Å². The summed E-state index contributed by atoms with van der Waals surface area (Å²) in [5.74, 6) is -2.60. The van der Waals surface area contributed by atoms with Crippen molar-refractivity contribution in [2.24, 2.45) is 11.7 Å². The number of halogens is 2. The zero-order valence-electron chi connectivity index (χ0n) is 13.2. The quantitative estimate of drug-likeness (QED) is 0.843. The van der Waals surface area contributed by atoms with Gasteiger partial charge in [-0.05, 0) is 42.8 Å². The summed E-state index contributed by atoms with van der Waals surface area (Å²) in [5.41, 5.74) is 5.48. The van der Waals surface area contributed by atoms with Crippen LogP contribution in [0.4, 0.5) is 14.5 Å². The van der Waals surface area contributed by atoms with Crippen molar-refractivity contribution < 1.29 is 23.1 Å². The summed E-state index contributed by atoms with van der Waals surface area (Å²) in [6.07, 6.45) is 0.406. The first kappa shape index (κ1) is 16.9. The summed E-state index contributed by atoms with van der Waals surface area (Å²) in [6, 6.07) is 10.1. The molecule has 0 unspecified atom stereocenters. The lowest BCUT2D eigenvalue weighted by atomic mass is 10.1. The van der Waals surface area contributed by atoms with Gasteiger partial charge in [0.15, 0.2) is 6.61 Å². The van der Waals surface area contributed by atoms with Gasteiger partial charge in [-0.3, -0.25) is 9.59 Å². The van der Waals surface area contributed by atoms with Gasteiger partial charge in [0, 0.05) is 23.1 Å². The van der Waals surface area contributed by atoms with Gasteiger partial charge in [0.25, 0.3) is 5.91 Å². The topological polar surface area (TPSA) is 81.4 Å². The molecule has 0 spiro atoms. The minimum absolute atomic E-state index is 0.0298. The number of nitrogens with two attached hydrogens (primary N) is 1. The average Bonchev–Trinajstić information content (AvgIpc) is 3.34. The van der Waals surface area contributed by atoms with Crippen LogP contribution in [0.15, 0.2) is 42.5 Å². The molecule has 0 aromatic heterocycles. The zero-order chi connectivity index (χ0) is 18.0. The molecule has 0 saturated heterocycles. The van der Waals surface area contributed by atoms with E-state index in [1.165, 1.54) is 18.2 Å². The Balaban J connectivity index is 1.59. The fourth-order valence-electron chi connectivity index (χ4n) is 2.69. The van der Waals surface area contributed by atoms with Gasteiger partial charge in [-0.25, -0.2) is 8.78 Å². The number of ether oxygens (including phenoxy) is 1. The van der Waals surface area contributed by atoms with Crippen LogP contribution >= 0.6 is 0 Å². The molecule has 7 heteroatoms. The highest BCUT2D eigenvalue weighted by Gasteiger charge is 2.46. The highest BCUT2D eigenvalue weighted by molar-refractivity contribution is 5.95. The van der Waals surface area contributed by atoms with Crippen LogP contribution in [-0.2, 0) is 9.59 Å². The number of carbonyl (C=O) groups is 2. The second kappa shape index (κ2) is 6.88. The van der Waals surface area contributed by atoms with Crippen molar-refractivity contribution in [2.45, 2.75) is 12.3 Å². The molecule has 1 aliphatic rings. The molecule has 3 rings (SSSR count). The van der Waals surface area contributed by atoms with Gasteiger partial charge in [-0.1, -0.05) is 6.07 Å². The molecule has 2 aromatic carbocycles. The highest BCUT2D eigenvalue weighted by Crippen LogP contribution is 2.49. The number of hydrogen-bond acceptors (Lipinski definition) is 3. The van der Waals surface area contributed by atoms with Crippen LogP contribution in [0, 0.1) is 17.6 Å². The predicted molar refractivity (Wildman–Crippen MR) is 87.0 cm³/mol. The number of nitrogens with one attached hydrogen (secondary N) is 1. The maximum absolute atomic E-state index is 13.8.